The maximum atomic E-state index is 13.1. The van der Waals surface area contributed by atoms with E-state index in [-0.39, 0.29) is 17.8 Å². The topological polar surface area (TPSA) is 45.7 Å². The van der Waals surface area contributed by atoms with Gasteiger partial charge in [0.2, 0.25) is 0 Å². The van der Waals surface area contributed by atoms with Crippen molar-refractivity contribution < 1.29 is 14.5 Å². The van der Waals surface area contributed by atoms with Gasteiger partial charge in [0.25, 0.3) is 5.91 Å². The number of nitrogens with one attached hydrogen (secondary N) is 1. The predicted octanol–water partition coefficient (Wildman–Crippen LogP) is 3.34. The number of rotatable bonds is 6. The van der Waals surface area contributed by atoms with Gasteiger partial charge < -0.3 is 10.6 Å². The van der Waals surface area contributed by atoms with E-state index < -0.39 is 0 Å². The Kier molecular flexibility index (Phi) is 6.10. The molecule has 0 unspecified atom stereocenters. The van der Waals surface area contributed by atoms with E-state index >= 15 is 0 Å². The van der Waals surface area contributed by atoms with Crippen molar-refractivity contribution in [2.24, 2.45) is 5.92 Å². The third-order valence-corrected chi connectivity index (χ3v) is 4.04. The molecule has 4 heteroatoms. The van der Waals surface area contributed by atoms with Crippen molar-refractivity contribution in [1.82, 2.24) is 0 Å². The van der Waals surface area contributed by atoms with Crippen LogP contribution in [0.2, 0.25) is 0 Å². The van der Waals surface area contributed by atoms with Gasteiger partial charge in [-0.1, -0.05) is 32.0 Å². The van der Waals surface area contributed by atoms with Crippen molar-refractivity contribution in [2.45, 2.75) is 33.7 Å². The highest BCUT2D eigenvalue weighted by molar-refractivity contribution is 5.91. The van der Waals surface area contributed by atoms with Gasteiger partial charge in [0.15, 0.2) is 6.54 Å². The first-order chi connectivity index (χ1) is 11.3. The van der Waals surface area contributed by atoms with Crippen LogP contribution in [0.4, 0.5) is 10.1 Å². The molecule has 0 aliphatic carbocycles. The van der Waals surface area contributed by atoms with Crippen molar-refractivity contribution in [1.29, 1.82) is 0 Å². The summed E-state index contributed by atoms with van der Waals surface area (Å²) < 4.78 is 13.1. The second-order valence-corrected chi connectivity index (χ2v) is 6.69. The molecule has 0 aliphatic heterocycles. The molecule has 128 valence electrons. The molecule has 0 aliphatic rings. The van der Waals surface area contributed by atoms with E-state index in [2.05, 4.69) is 25.2 Å². The Morgan fingerprint density at radius 3 is 2.21 bits per heavy atom. The van der Waals surface area contributed by atoms with Crippen LogP contribution in [0.1, 0.15) is 36.6 Å². The van der Waals surface area contributed by atoms with Crippen molar-refractivity contribution in [3.63, 3.8) is 0 Å². The van der Waals surface area contributed by atoms with Crippen LogP contribution < -0.4 is 10.6 Å². The molecule has 0 saturated heterocycles. The van der Waals surface area contributed by atoms with Gasteiger partial charge in [-0.25, -0.2) is 4.39 Å². The number of hydrogen-bond acceptors (Lipinski definition) is 1. The summed E-state index contributed by atoms with van der Waals surface area (Å²) >= 11 is 0. The summed E-state index contributed by atoms with van der Waals surface area (Å²) in [5.41, 5.74) is 4.11. The molecule has 0 bridgehead atoms. The lowest BCUT2D eigenvalue weighted by Crippen LogP contribution is -2.88. The van der Waals surface area contributed by atoms with Gasteiger partial charge in [-0.15, -0.1) is 0 Å². The van der Waals surface area contributed by atoms with E-state index in [4.69, 9.17) is 0 Å². The minimum absolute atomic E-state index is 0.0345. The Hall–Kier alpha value is -2.20. The fourth-order valence-electron chi connectivity index (χ4n) is 2.97. The van der Waals surface area contributed by atoms with Crippen LogP contribution in [0.15, 0.2) is 42.5 Å². The molecule has 0 fully saturated rings. The molecule has 0 radical (unpaired) electrons. The first-order valence-electron chi connectivity index (χ1n) is 8.32. The van der Waals surface area contributed by atoms with Gasteiger partial charge in [0.05, 0.1) is 0 Å². The number of benzene rings is 2. The lowest BCUT2D eigenvalue weighted by atomic mass is 9.96. The third kappa shape index (κ3) is 5.17. The number of anilines is 1. The standard InChI is InChI=1S/C20H25FN2O/c1-13(2)20(16-5-7-17(21)8-6-16)22-12-19(24)23-18-10-14(3)9-15(4)11-18/h5-11,13,20,22H,12H2,1-4H3,(H,23,24)/p+1/t20-/m0/s1. The Labute approximate surface area is 143 Å². The van der Waals surface area contributed by atoms with Crippen molar-refractivity contribution in [3.8, 4) is 0 Å². The van der Waals surface area contributed by atoms with Crippen LogP contribution >= 0.6 is 0 Å². The van der Waals surface area contributed by atoms with Crippen LogP contribution in [0.25, 0.3) is 0 Å². The minimum atomic E-state index is -0.242. The number of aryl methyl sites for hydroxylation is 2. The number of carbonyl (C=O) groups is 1. The van der Waals surface area contributed by atoms with Crippen LogP contribution in [0.3, 0.4) is 0 Å². The molecule has 24 heavy (non-hydrogen) atoms. The number of halogens is 1. The molecule has 3 N–H and O–H groups in total. The molecule has 2 aromatic rings. The van der Waals surface area contributed by atoms with E-state index in [0.29, 0.717) is 12.5 Å². The van der Waals surface area contributed by atoms with Crippen LogP contribution in [-0.4, -0.2) is 12.5 Å². The smallest absolute Gasteiger partial charge is 0.279 e. The third-order valence-electron chi connectivity index (χ3n) is 4.04. The van der Waals surface area contributed by atoms with E-state index in [9.17, 15) is 9.18 Å². The molecule has 1 amide bonds. The molecular weight excluding hydrogens is 303 g/mol. The fourth-order valence-corrected chi connectivity index (χ4v) is 2.97. The van der Waals surface area contributed by atoms with E-state index in [1.807, 2.05) is 31.3 Å². The molecule has 2 aromatic carbocycles. The Morgan fingerprint density at radius 1 is 1.08 bits per heavy atom. The quantitative estimate of drug-likeness (QED) is 0.839. The maximum absolute atomic E-state index is 13.1. The molecule has 3 nitrogen and oxygen atoms in total. The summed E-state index contributed by atoms with van der Waals surface area (Å²) in [5, 5.41) is 4.96. The zero-order valence-corrected chi connectivity index (χ0v) is 14.8. The SMILES string of the molecule is Cc1cc(C)cc(NC(=O)C[NH2+][C@H](c2ccc(F)cc2)C(C)C)c1. The van der Waals surface area contributed by atoms with Gasteiger partial charge in [0, 0.05) is 17.2 Å². The predicted molar refractivity (Wildman–Crippen MR) is 95.3 cm³/mol. The normalized spacial score (nSPS) is 12.2. The monoisotopic (exact) mass is 329 g/mol. The highest BCUT2D eigenvalue weighted by atomic mass is 19.1. The number of nitrogens with two attached hydrogens (primary N) is 1. The number of carbonyl (C=O) groups excluding carboxylic acids is 1. The first-order valence-corrected chi connectivity index (χ1v) is 8.32. The average molecular weight is 329 g/mol. The zero-order valence-electron chi connectivity index (χ0n) is 14.8. The summed E-state index contributed by atoms with van der Waals surface area (Å²) in [6.45, 7) is 8.56. The molecule has 2 rings (SSSR count). The van der Waals surface area contributed by atoms with Crippen molar-refractivity contribution in [2.75, 3.05) is 11.9 Å². The summed E-state index contributed by atoms with van der Waals surface area (Å²) in [4.78, 5) is 12.2. The van der Waals surface area contributed by atoms with Crippen molar-refractivity contribution >= 4 is 11.6 Å². The molecule has 1 atom stereocenters. The average Bonchev–Trinajstić information content (AvgIpc) is 2.47. The van der Waals surface area contributed by atoms with E-state index in [0.717, 1.165) is 22.4 Å². The Bertz CT molecular complexity index is 675. The fraction of sp³-hybridized carbons (Fsp3) is 0.350. The second kappa shape index (κ2) is 8.06. The molecule has 0 spiro atoms. The Balaban J connectivity index is 1.98. The molecule has 0 saturated carbocycles. The lowest BCUT2D eigenvalue weighted by Gasteiger charge is -2.19. The summed E-state index contributed by atoms with van der Waals surface area (Å²) in [6.07, 6.45) is 0. The number of amides is 1. The highest BCUT2D eigenvalue weighted by Gasteiger charge is 2.20. The van der Waals surface area contributed by atoms with Gasteiger partial charge in [0.1, 0.15) is 11.9 Å². The van der Waals surface area contributed by atoms with Crippen molar-refractivity contribution in [3.05, 3.63) is 65.0 Å². The highest BCUT2D eigenvalue weighted by Crippen LogP contribution is 2.18. The number of quaternary nitrogens is 1. The maximum Gasteiger partial charge on any atom is 0.279 e. The summed E-state index contributed by atoms with van der Waals surface area (Å²) in [7, 11) is 0. The van der Waals surface area contributed by atoms with Gasteiger partial charge in [-0.3, -0.25) is 4.79 Å². The largest absolute Gasteiger partial charge is 0.332 e. The second-order valence-electron chi connectivity index (χ2n) is 6.69. The van der Waals surface area contributed by atoms with Gasteiger partial charge >= 0.3 is 0 Å². The number of hydrogen-bond donors (Lipinski definition) is 2. The van der Waals surface area contributed by atoms with E-state index in [1.54, 1.807) is 12.1 Å². The first kappa shape index (κ1) is 18.1. The molecular formula is C20H26FN2O+. The van der Waals surface area contributed by atoms with Crippen LogP contribution in [0.5, 0.6) is 0 Å². The minimum Gasteiger partial charge on any atom is -0.332 e. The molecule has 0 heterocycles. The van der Waals surface area contributed by atoms with Gasteiger partial charge in [-0.05, 0) is 49.2 Å². The van der Waals surface area contributed by atoms with Gasteiger partial charge in [-0.2, -0.15) is 0 Å². The van der Waals surface area contributed by atoms with Crippen LogP contribution in [0, 0.1) is 25.6 Å². The van der Waals surface area contributed by atoms with Crippen LogP contribution in [-0.2, 0) is 4.79 Å². The Morgan fingerprint density at radius 2 is 1.67 bits per heavy atom. The van der Waals surface area contributed by atoms with E-state index in [1.165, 1.54) is 12.1 Å². The summed E-state index contributed by atoms with van der Waals surface area (Å²) in [5.74, 6) is 0.0612. The zero-order chi connectivity index (χ0) is 17.7. The molecule has 0 aromatic heterocycles. The summed E-state index contributed by atoms with van der Waals surface area (Å²) in [6, 6.07) is 12.6. The lowest BCUT2D eigenvalue weighted by molar-refractivity contribution is -0.692.